The van der Waals surface area contributed by atoms with Crippen LogP contribution in [-0.4, -0.2) is 63.8 Å². The molecule has 1 saturated heterocycles. The summed E-state index contributed by atoms with van der Waals surface area (Å²) in [5, 5.41) is 11.4. The Labute approximate surface area is 323 Å². The number of fused-ring (bicyclic) bond motifs is 1. The van der Waals surface area contributed by atoms with E-state index >= 15 is 0 Å². The van der Waals surface area contributed by atoms with Crippen LogP contribution in [0.3, 0.4) is 0 Å². The topological polar surface area (TPSA) is 130 Å². The number of benzene rings is 5. The molecular formula is C44H39N5O7. The second-order valence-corrected chi connectivity index (χ2v) is 13.1. The van der Waals surface area contributed by atoms with Crippen molar-refractivity contribution < 1.29 is 33.6 Å². The Morgan fingerprint density at radius 3 is 1.84 bits per heavy atom. The lowest BCUT2D eigenvalue weighted by atomic mass is 9.80. The van der Waals surface area contributed by atoms with Gasteiger partial charge in [0.25, 0.3) is 5.88 Å². The minimum atomic E-state index is -1.10. The number of carbonyl (C=O) groups excluding carboxylic acids is 1. The molecule has 7 aromatic rings. The number of hydrogen-bond acceptors (Lipinski definition) is 10. The maximum Gasteiger partial charge on any atom is 0.425 e. The average Bonchev–Trinajstić information content (AvgIpc) is 3.86. The minimum Gasteiger partial charge on any atom is -0.497 e. The van der Waals surface area contributed by atoms with Crippen LogP contribution in [0.15, 0.2) is 152 Å². The first-order chi connectivity index (χ1) is 27.5. The van der Waals surface area contributed by atoms with Crippen molar-refractivity contribution in [2.24, 2.45) is 0 Å². The minimum absolute atomic E-state index is 0.0133. The quantitative estimate of drug-likeness (QED) is 0.123. The molecular weight excluding hydrogens is 711 g/mol. The summed E-state index contributed by atoms with van der Waals surface area (Å²) >= 11 is 0. The van der Waals surface area contributed by atoms with Crippen LogP contribution in [0.4, 0.5) is 16.2 Å². The Kier molecular flexibility index (Phi) is 10.4. The second-order valence-electron chi connectivity index (χ2n) is 13.1. The van der Waals surface area contributed by atoms with Gasteiger partial charge >= 0.3 is 6.09 Å². The number of aliphatic hydroxyl groups excluding tert-OH is 1. The summed E-state index contributed by atoms with van der Waals surface area (Å²) in [4.78, 5) is 28.5. The van der Waals surface area contributed by atoms with E-state index in [1.165, 1.54) is 11.2 Å². The van der Waals surface area contributed by atoms with Crippen molar-refractivity contribution in [2.75, 3.05) is 25.7 Å². The fourth-order valence-corrected chi connectivity index (χ4v) is 7.08. The van der Waals surface area contributed by atoms with Crippen LogP contribution in [0.25, 0.3) is 11.2 Å². The molecule has 1 aliphatic rings. The van der Waals surface area contributed by atoms with E-state index in [2.05, 4.69) is 15.0 Å². The van der Waals surface area contributed by atoms with Gasteiger partial charge in [-0.15, -0.1) is 0 Å². The standard InChI is InChI=1S/C44H39N5O7/c1-52-35-22-18-31(19-23-35)44(30-12-6-3-7-13-30,32-20-24-36(53-2)25-21-32)54-27-38-37(50)26-39(55-38)48-29-47-40-41(48)45-28-46-42(40)56-43(51)49(33-14-8-4-9-15-33)34-16-10-5-11-17-34/h3-25,28-29,37-39,50H,26-27H2,1-2H3/t37-,38+,39+/m0/s1. The highest BCUT2D eigenvalue weighted by molar-refractivity contribution is 5.97. The van der Waals surface area contributed by atoms with Crippen molar-refractivity contribution in [1.82, 2.24) is 19.5 Å². The van der Waals surface area contributed by atoms with Gasteiger partial charge in [-0.05, 0) is 65.2 Å². The molecule has 1 N–H and O–H groups in total. The number of carbonyl (C=O) groups is 1. The first-order valence-electron chi connectivity index (χ1n) is 18.1. The lowest BCUT2D eigenvalue weighted by molar-refractivity contribution is -0.0931. The van der Waals surface area contributed by atoms with Crippen molar-refractivity contribution in [1.29, 1.82) is 0 Å². The van der Waals surface area contributed by atoms with E-state index in [1.807, 2.05) is 140 Å². The van der Waals surface area contributed by atoms with Gasteiger partial charge in [0.1, 0.15) is 35.8 Å². The Bertz CT molecular complexity index is 2290. The average molecular weight is 750 g/mol. The first-order valence-corrected chi connectivity index (χ1v) is 18.1. The number of aliphatic hydroxyl groups is 1. The third-order valence-electron chi connectivity index (χ3n) is 9.87. The van der Waals surface area contributed by atoms with E-state index in [0.29, 0.717) is 28.5 Å². The molecule has 3 heterocycles. The Balaban J connectivity index is 1.07. The number of imidazole rings is 1. The summed E-state index contributed by atoms with van der Waals surface area (Å²) in [7, 11) is 3.26. The van der Waals surface area contributed by atoms with Crippen LogP contribution in [0, 0.1) is 0 Å². The van der Waals surface area contributed by atoms with Gasteiger partial charge in [0.15, 0.2) is 11.2 Å². The molecule has 12 heteroatoms. The van der Waals surface area contributed by atoms with Crippen LogP contribution in [0.5, 0.6) is 17.4 Å². The number of rotatable bonds is 12. The SMILES string of the molecule is COc1ccc(C(OC[C@H]2O[C@@H](n3cnc4c(OC(=O)N(c5ccccc5)c5ccccc5)ncnc43)C[C@@H]2O)(c2ccccc2)c2ccc(OC)cc2)cc1. The highest BCUT2D eigenvalue weighted by Crippen LogP contribution is 2.43. The monoisotopic (exact) mass is 749 g/mol. The molecule has 56 heavy (non-hydrogen) atoms. The summed E-state index contributed by atoms with van der Waals surface area (Å²) < 4.78 is 32.1. The van der Waals surface area contributed by atoms with E-state index < -0.39 is 30.1 Å². The van der Waals surface area contributed by atoms with Crippen molar-refractivity contribution in [3.8, 4) is 17.4 Å². The molecule has 1 amide bonds. The fourth-order valence-electron chi connectivity index (χ4n) is 7.08. The molecule has 1 fully saturated rings. The molecule has 0 bridgehead atoms. The zero-order valence-electron chi connectivity index (χ0n) is 30.7. The molecule has 8 rings (SSSR count). The fraction of sp³-hybridized carbons (Fsp3) is 0.182. The second kappa shape index (κ2) is 16.0. The van der Waals surface area contributed by atoms with E-state index in [1.54, 1.807) is 25.1 Å². The molecule has 282 valence electrons. The zero-order valence-corrected chi connectivity index (χ0v) is 30.7. The number of anilines is 2. The molecule has 1 aliphatic heterocycles. The summed E-state index contributed by atoms with van der Waals surface area (Å²) in [6.07, 6.45) is 0.160. The summed E-state index contributed by atoms with van der Waals surface area (Å²) in [5.41, 5.74) is 3.39. The van der Waals surface area contributed by atoms with Gasteiger partial charge in [0.05, 0.1) is 44.6 Å². The Morgan fingerprint density at radius 2 is 1.29 bits per heavy atom. The van der Waals surface area contributed by atoms with Gasteiger partial charge in [-0.25, -0.2) is 19.7 Å². The van der Waals surface area contributed by atoms with E-state index in [4.69, 9.17) is 23.7 Å². The molecule has 0 aliphatic carbocycles. The van der Waals surface area contributed by atoms with Gasteiger partial charge in [-0.1, -0.05) is 91.0 Å². The predicted octanol–water partition coefficient (Wildman–Crippen LogP) is 7.84. The van der Waals surface area contributed by atoms with Gasteiger partial charge < -0.3 is 28.8 Å². The molecule has 12 nitrogen and oxygen atoms in total. The van der Waals surface area contributed by atoms with Crippen LogP contribution in [0.2, 0.25) is 0 Å². The molecule has 5 aromatic carbocycles. The highest BCUT2D eigenvalue weighted by atomic mass is 16.6. The van der Waals surface area contributed by atoms with Crippen LogP contribution < -0.4 is 19.1 Å². The summed E-state index contributed by atoms with van der Waals surface area (Å²) in [6, 6.07) is 43.8. The highest BCUT2D eigenvalue weighted by Gasteiger charge is 2.42. The maximum absolute atomic E-state index is 13.8. The van der Waals surface area contributed by atoms with E-state index in [-0.39, 0.29) is 24.4 Å². The molecule has 0 unspecified atom stereocenters. The normalized spacial score (nSPS) is 16.7. The maximum atomic E-state index is 13.8. The third-order valence-corrected chi connectivity index (χ3v) is 9.87. The summed E-state index contributed by atoms with van der Waals surface area (Å²) in [6.45, 7) is 0.0316. The van der Waals surface area contributed by atoms with E-state index in [0.717, 1.165) is 16.7 Å². The Morgan fingerprint density at radius 1 is 0.750 bits per heavy atom. The van der Waals surface area contributed by atoms with Gasteiger partial charge in [0, 0.05) is 6.42 Å². The number of ether oxygens (including phenoxy) is 5. The zero-order chi connectivity index (χ0) is 38.5. The van der Waals surface area contributed by atoms with Crippen LogP contribution in [-0.2, 0) is 15.1 Å². The molecule has 2 aromatic heterocycles. The van der Waals surface area contributed by atoms with E-state index in [9.17, 15) is 9.90 Å². The number of nitrogens with zero attached hydrogens (tertiary/aromatic N) is 5. The lowest BCUT2D eigenvalue weighted by Gasteiger charge is -2.37. The van der Waals surface area contributed by atoms with Crippen molar-refractivity contribution in [2.45, 2.75) is 30.5 Å². The Hall–Kier alpha value is -6.60. The lowest BCUT2D eigenvalue weighted by Crippen LogP contribution is -2.38. The smallest absolute Gasteiger partial charge is 0.425 e. The largest absolute Gasteiger partial charge is 0.497 e. The number of methoxy groups -OCH3 is 2. The molecule has 0 saturated carbocycles. The van der Waals surface area contributed by atoms with Crippen molar-refractivity contribution in [3.63, 3.8) is 0 Å². The predicted molar refractivity (Wildman–Crippen MR) is 209 cm³/mol. The molecule has 0 spiro atoms. The number of para-hydroxylation sites is 2. The number of aromatic nitrogens is 4. The van der Waals surface area contributed by atoms with Crippen molar-refractivity contribution in [3.05, 3.63) is 169 Å². The van der Waals surface area contributed by atoms with Gasteiger partial charge in [0.2, 0.25) is 0 Å². The van der Waals surface area contributed by atoms with Gasteiger partial charge in [-0.2, -0.15) is 4.98 Å². The van der Waals surface area contributed by atoms with Crippen LogP contribution >= 0.6 is 0 Å². The third kappa shape index (κ3) is 7.04. The number of amides is 1. The first kappa shape index (κ1) is 36.4. The van der Waals surface area contributed by atoms with Crippen LogP contribution in [0.1, 0.15) is 29.3 Å². The van der Waals surface area contributed by atoms with Gasteiger partial charge in [-0.3, -0.25) is 4.57 Å². The van der Waals surface area contributed by atoms with Crippen molar-refractivity contribution >= 4 is 28.6 Å². The molecule has 3 atom stereocenters. The summed E-state index contributed by atoms with van der Waals surface area (Å²) in [5.74, 6) is 1.41. The molecule has 0 radical (unpaired) electrons. The number of hydrogen-bond donors (Lipinski definition) is 1.